The molecule has 1 aliphatic rings. The first-order valence-corrected chi connectivity index (χ1v) is 6.38. The molecule has 0 bridgehead atoms. The van der Waals surface area contributed by atoms with E-state index in [1.54, 1.807) is 6.20 Å². The molecule has 0 saturated carbocycles. The van der Waals surface area contributed by atoms with Gasteiger partial charge in [0, 0.05) is 12.7 Å². The van der Waals surface area contributed by atoms with Crippen LogP contribution in [0.3, 0.4) is 0 Å². The number of nitrogens with zero attached hydrogens (tertiary/aromatic N) is 4. The Balaban J connectivity index is 1.75. The fourth-order valence-corrected chi connectivity index (χ4v) is 2.62. The first-order valence-electron chi connectivity index (χ1n) is 6.38. The zero-order valence-corrected chi connectivity index (χ0v) is 10.3. The Kier molecular flexibility index (Phi) is 2.31. The van der Waals surface area contributed by atoms with E-state index >= 15 is 0 Å². The van der Waals surface area contributed by atoms with Crippen molar-refractivity contribution in [2.24, 2.45) is 0 Å². The fourth-order valence-electron chi connectivity index (χ4n) is 2.62. The summed E-state index contributed by atoms with van der Waals surface area (Å²) in [5.74, 6) is 0.880. The van der Waals surface area contributed by atoms with Crippen molar-refractivity contribution >= 4 is 5.65 Å². The van der Waals surface area contributed by atoms with Crippen LogP contribution < -0.4 is 5.32 Å². The summed E-state index contributed by atoms with van der Waals surface area (Å²) in [6.45, 7) is 0.864. The Hall–Kier alpha value is -2.27. The molecular formula is C14H13N5. The Morgan fingerprint density at radius 1 is 1.05 bits per heavy atom. The Bertz CT molecular complexity index is 733. The van der Waals surface area contributed by atoms with Gasteiger partial charge in [0.2, 0.25) is 0 Å². The van der Waals surface area contributed by atoms with Gasteiger partial charge in [-0.2, -0.15) is 9.61 Å². The molecule has 0 fully saturated rings. The number of benzene rings is 1. The summed E-state index contributed by atoms with van der Waals surface area (Å²) >= 11 is 0. The van der Waals surface area contributed by atoms with Gasteiger partial charge in [0.05, 0.1) is 6.04 Å². The average molecular weight is 251 g/mol. The predicted molar refractivity (Wildman–Crippen MR) is 70.5 cm³/mol. The standard InChI is InChI=1S/C14H13N5/c1-2-5-11-9-15-12(8-10(11)4-1)14-18-17-13-6-3-7-16-19(13)14/h1-7,12,15H,8-9H2. The molecule has 0 amide bonds. The van der Waals surface area contributed by atoms with Crippen LogP contribution in [0.25, 0.3) is 5.65 Å². The topological polar surface area (TPSA) is 55.1 Å². The molecule has 19 heavy (non-hydrogen) atoms. The number of hydrogen-bond donors (Lipinski definition) is 1. The van der Waals surface area contributed by atoms with E-state index in [1.165, 1.54) is 11.1 Å². The van der Waals surface area contributed by atoms with E-state index in [2.05, 4.69) is 44.9 Å². The third-order valence-corrected chi connectivity index (χ3v) is 3.60. The van der Waals surface area contributed by atoms with E-state index < -0.39 is 0 Å². The minimum absolute atomic E-state index is 0.166. The van der Waals surface area contributed by atoms with E-state index in [1.807, 2.05) is 16.6 Å². The molecule has 1 aliphatic heterocycles. The second kappa shape index (κ2) is 4.13. The van der Waals surface area contributed by atoms with E-state index in [9.17, 15) is 0 Å². The first kappa shape index (κ1) is 10.6. The molecule has 1 N–H and O–H groups in total. The molecule has 1 unspecified atom stereocenters. The van der Waals surface area contributed by atoms with E-state index in [-0.39, 0.29) is 6.04 Å². The van der Waals surface area contributed by atoms with Gasteiger partial charge in [-0.25, -0.2) is 0 Å². The zero-order valence-electron chi connectivity index (χ0n) is 10.3. The summed E-state index contributed by atoms with van der Waals surface area (Å²) in [4.78, 5) is 0. The molecule has 3 aromatic rings. The number of rotatable bonds is 1. The normalized spacial score (nSPS) is 18.4. The van der Waals surface area contributed by atoms with Gasteiger partial charge in [-0.1, -0.05) is 24.3 Å². The summed E-state index contributed by atoms with van der Waals surface area (Å²) in [5, 5.41) is 16.3. The maximum absolute atomic E-state index is 4.32. The van der Waals surface area contributed by atoms with Crippen molar-refractivity contribution in [3.63, 3.8) is 0 Å². The van der Waals surface area contributed by atoms with E-state index in [4.69, 9.17) is 0 Å². The van der Waals surface area contributed by atoms with Crippen LogP contribution in [-0.2, 0) is 13.0 Å². The molecule has 4 rings (SSSR count). The maximum Gasteiger partial charge on any atom is 0.177 e. The van der Waals surface area contributed by atoms with Gasteiger partial charge in [0.1, 0.15) is 0 Å². The average Bonchev–Trinajstić information content (AvgIpc) is 2.91. The number of nitrogens with one attached hydrogen (secondary N) is 1. The van der Waals surface area contributed by atoms with Crippen molar-refractivity contribution in [1.82, 2.24) is 25.1 Å². The predicted octanol–water partition coefficient (Wildman–Crippen LogP) is 1.51. The smallest absolute Gasteiger partial charge is 0.177 e. The lowest BCUT2D eigenvalue weighted by atomic mass is 9.95. The maximum atomic E-state index is 4.32. The highest BCUT2D eigenvalue weighted by Gasteiger charge is 2.23. The van der Waals surface area contributed by atoms with Crippen molar-refractivity contribution in [3.8, 4) is 0 Å². The Morgan fingerprint density at radius 3 is 2.89 bits per heavy atom. The number of aromatic nitrogens is 4. The Morgan fingerprint density at radius 2 is 1.95 bits per heavy atom. The second-order valence-electron chi connectivity index (χ2n) is 4.76. The van der Waals surface area contributed by atoms with Crippen LogP contribution in [0.15, 0.2) is 42.6 Å². The summed E-state index contributed by atoms with van der Waals surface area (Å²) in [6.07, 6.45) is 2.68. The summed E-state index contributed by atoms with van der Waals surface area (Å²) in [5.41, 5.74) is 3.53. The molecule has 0 radical (unpaired) electrons. The van der Waals surface area contributed by atoms with Gasteiger partial charge in [0.15, 0.2) is 11.5 Å². The van der Waals surface area contributed by atoms with Crippen LogP contribution >= 0.6 is 0 Å². The third-order valence-electron chi connectivity index (χ3n) is 3.60. The molecule has 0 saturated heterocycles. The van der Waals surface area contributed by atoms with Gasteiger partial charge < -0.3 is 5.32 Å². The van der Waals surface area contributed by atoms with Crippen molar-refractivity contribution in [2.75, 3.05) is 0 Å². The number of fused-ring (bicyclic) bond motifs is 2. The Labute approximate surface area is 110 Å². The minimum atomic E-state index is 0.166. The molecule has 5 nitrogen and oxygen atoms in total. The van der Waals surface area contributed by atoms with Crippen molar-refractivity contribution < 1.29 is 0 Å². The summed E-state index contributed by atoms with van der Waals surface area (Å²) in [6, 6.07) is 12.5. The van der Waals surface area contributed by atoms with Crippen LogP contribution in [-0.4, -0.2) is 19.8 Å². The molecule has 2 aromatic heterocycles. The quantitative estimate of drug-likeness (QED) is 0.712. The van der Waals surface area contributed by atoms with Gasteiger partial charge in [-0.05, 0) is 29.7 Å². The summed E-state index contributed by atoms with van der Waals surface area (Å²) < 4.78 is 1.81. The highest BCUT2D eigenvalue weighted by molar-refractivity contribution is 5.36. The zero-order chi connectivity index (χ0) is 12.7. The molecule has 1 aromatic carbocycles. The van der Waals surface area contributed by atoms with Crippen LogP contribution in [0, 0.1) is 0 Å². The van der Waals surface area contributed by atoms with Gasteiger partial charge in [-0.3, -0.25) is 0 Å². The number of hydrogen-bond acceptors (Lipinski definition) is 4. The molecule has 0 aliphatic carbocycles. The fraction of sp³-hybridized carbons (Fsp3) is 0.214. The molecule has 5 heteroatoms. The lowest BCUT2D eigenvalue weighted by molar-refractivity contribution is 0.467. The van der Waals surface area contributed by atoms with E-state index in [0.717, 1.165) is 24.4 Å². The largest absolute Gasteiger partial charge is 0.303 e. The van der Waals surface area contributed by atoms with Crippen LogP contribution in [0.4, 0.5) is 0 Å². The van der Waals surface area contributed by atoms with Gasteiger partial charge in [0.25, 0.3) is 0 Å². The van der Waals surface area contributed by atoms with Crippen molar-refractivity contribution in [1.29, 1.82) is 0 Å². The summed E-state index contributed by atoms with van der Waals surface area (Å²) in [7, 11) is 0. The highest BCUT2D eigenvalue weighted by atomic mass is 15.4. The van der Waals surface area contributed by atoms with Crippen molar-refractivity contribution in [3.05, 3.63) is 59.5 Å². The monoisotopic (exact) mass is 251 g/mol. The van der Waals surface area contributed by atoms with Gasteiger partial charge in [-0.15, -0.1) is 10.2 Å². The highest BCUT2D eigenvalue weighted by Crippen LogP contribution is 2.24. The SMILES string of the molecule is c1ccc2c(c1)CNC(c1nnc3cccnn13)C2. The van der Waals surface area contributed by atoms with Crippen LogP contribution in [0.1, 0.15) is 23.0 Å². The van der Waals surface area contributed by atoms with Crippen molar-refractivity contribution in [2.45, 2.75) is 19.0 Å². The first-order chi connectivity index (χ1) is 9.42. The van der Waals surface area contributed by atoms with Crippen LogP contribution in [0.5, 0.6) is 0 Å². The molecule has 3 heterocycles. The minimum Gasteiger partial charge on any atom is -0.303 e. The molecular weight excluding hydrogens is 238 g/mol. The van der Waals surface area contributed by atoms with Crippen LogP contribution in [0.2, 0.25) is 0 Å². The molecule has 94 valence electrons. The molecule has 1 atom stereocenters. The lowest BCUT2D eigenvalue weighted by Crippen LogP contribution is -2.30. The van der Waals surface area contributed by atoms with E-state index in [0.29, 0.717) is 0 Å². The molecule has 0 spiro atoms. The van der Waals surface area contributed by atoms with Gasteiger partial charge >= 0.3 is 0 Å². The third kappa shape index (κ3) is 1.70. The lowest BCUT2D eigenvalue weighted by Gasteiger charge is -2.24. The second-order valence-corrected chi connectivity index (χ2v) is 4.76.